The largest absolute Gasteiger partial charge is 0.480 e. The van der Waals surface area contributed by atoms with Crippen LogP contribution in [0.3, 0.4) is 0 Å². The highest BCUT2D eigenvalue weighted by Crippen LogP contribution is 2.03. The second kappa shape index (κ2) is 7.28. The fraction of sp³-hybridized carbons (Fsp3) is 0.357. The van der Waals surface area contributed by atoms with Crippen molar-refractivity contribution in [2.45, 2.75) is 25.9 Å². The molecule has 0 aromatic carbocycles. The van der Waals surface area contributed by atoms with Crippen molar-refractivity contribution in [1.82, 2.24) is 15.2 Å². The summed E-state index contributed by atoms with van der Waals surface area (Å²) in [5.74, 6) is -1.08. The fourth-order valence-corrected chi connectivity index (χ4v) is 1.65. The van der Waals surface area contributed by atoms with Crippen molar-refractivity contribution in [3.63, 3.8) is 0 Å². The zero-order chi connectivity index (χ0) is 15.1. The molecule has 0 bridgehead atoms. The van der Waals surface area contributed by atoms with Crippen molar-refractivity contribution in [1.29, 1.82) is 0 Å². The van der Waals surface area contributed by atoms with E-state index < -0.39 is 18.0 Å². The highest BCUT2D eigenvalue weighted by molar-refractivity contribution is 5.82. The van der Waals surface area contributed by atoms with E-state index >= 15 is 0 Å². The molecular formula is C14H19N3O3. The predicted octanol–water partition coefficient (Wildman–Crippen LogP) is 1.56. The second-order valence-electron chi connectivity index (χ2n) is 4.49. The molecular weight excluding hydrogens is 258 g/mol. The average Bonchev–Trinajstić information content (AvgIpc) is 2.37. The van der Waals surface area contributed by atoms with Crippen LogP contribution in [0.1, 0.15) is 17.8 Å². The lowest BCUT2D eigenvalue weighted by molar-refractivity contribution is -0.139. The number of carbonyl (C=O) groups is 2. The van der Waals surface area contributed by atoms with Gasteiger partial charge in [-0.15, -0.1) is 6.58 Å². The topological polar surface area (TPSA) is 82.5 Å². The SMILES string of the molecule is C=CCC(NC(=O)N(C)Cc1cccc(C)n1)C(=O)O. The van der Waals surface area contributed by atoms with E-state index in [1.807, 2.05) is 25.1 Å². The molecule has 6 heteroatoms. The van der Waals surface area contributed by atoms with E-state index in [1.165, 1.54) is 11.0 Å². The van der Waals surface area contributed by atoms with Crippen LogP contribution in [0.5, 0.6) is 0 Å². The summed E-state index contributed by atoms with van der Waals surface area (Å²) in [5.41, 5.74) is 1.62. The Morgan fingerprint density at radius 1 is 1.55 bits per heavy atom. The maximum absolute atomic E-state index is 11.9. The number of amides is 2. The second-order valence-corrected chi connectivity index (χ2v) is 4.49. The summed E-state index contributed by atoms with van der Waals surface area (Å²) >= 11 is 0. The van der Waals surface area contributed by atoms with Crippen LogP contribution in [0, 0.1) is 6.92 Å². The zero-order valence-electron chi connectivity index (χ0n) is 11.7. The lowest BCUT2D eigenvalue weighted by Crippen LogP contribution is -2.46. The third-order valence-corrected chi connectivity index (χ3v) is 2.69. The lowest BCUT2D eigenvalue weighted by atomic mass is 10.2. The van der Waals surface area contributed by atoms with Gasteiger partial charge in [-0.25, -0.2) is 9.59 Å². The van der Waals surface area contributed by atoms with Gasteiger partial charge in [0.25, 0.3) is 0 Å². The number of aromatic nitrogens is 1. The smallest absolute Gasteiger partial charge is 0.326 e. The summed E-state index contributed by atoms with van der Waals surface area (Å²) in [7, 11) is 1.59. The van der Waals surface area contributed by atoms with Gasteiger partial charge in [0.2, 0.25) is 0 Å². The van der Waals surface area contributed by atoms with Crippen molar-refractivity contribution < 1.29 is 14.7 Å². The van der Waals surface area contributed by atoms with Crippen LogP contribution in [0.4, 0.5) is 4.79 Å². The first-order valence-electron chi connectivity index (χ1n) is 6.22. The molecule has 1 unspecified atom stereocenters. The average molecular weight is 277 g/mol. The monoisotopic (exact) mass is 277 g/mol. The molecule has 0 spiro atoms. The normalized spacial score (nSPS) is 11.5. The van der Waals surface area contributed by atoms with E-state index in [4.69, 9.17) is 5.11 Å². The van der Waals surface area contributed by atoms with Crippen molar-refractivity contribution >= 4 is 12.0 Å². The summed E-state index contributed by atoms with van der Waals surface area (Å²) in [6, 6.07) is 4.13. The van der Waals surface area contributed by atoms with Crippen LogP contribution >= 0.6 is 0 Å². The number of carboxylic acids is 1. The molecule has 0 aliphatic heterocycles. The molecule has 1 rings (SSSR count). The standard InChI is InChI=1S/C14H19N3O3/c1-4-6-12(13(18)19)16-14(20)17(3)9-11-8-5-7-10(2)15-11/h4-5,7-8,12H,1,6,9H2,2-3H3,(H,16,20)(H,18,19). The summed E-state index contributed by atoms with van der Waals surface area (Å²) in [6.45, 7) is 5.66. The highest BCUT2D eigenvalue weighted by atomic mass is 16.4. The molecule has 0 aliphatic rings. The molecule has 0 radical (unpaired) electrons. The molecule has 1 heterocycles. The first kappa shape index (κ1) is 15.7. The Kier molecular flexibility index (Phi) is 5.71. The minimum absolute atomic E-state index is 0.178. The van der Waals surface area contributed by atoms with E-state index in [9.17, 15) is 9.59 Å². The van der Waals surface area contributed by atoms with Crippen LogP contribution in [-0.2, 0) is 11.3 Å². The third-order valence-electron chi connectivity index (χ3n) is 2.69. The molecule has 0 saturated carbocycles. The number of pyridine rings is 1. The highest BCUT2D eigenvalue weighted by Gasteiger charge is 2.20. The lowest BCUT2D eigenvalue weighted by Gasteiger charge is -2.20. The molecule has 1 aromatic heterocycles. The van der Waals surface area contributed by atoms with Gasteiger partial charge in [0, 0.05) is 12.7 Å². The van der Waals surface area contributed by atoms with Crippen LogP contribution in [0.25, 0.3) is 0 Å². The van der Waals surface area contributed by atoms with Gasteiger partial charge in [-0.1, -0.05) is 12.1 Å². The minimum Gasteiger partial charge on any atom is -0.480 e. The number of nitrogens with zero attached hydrogens (tertiary/aromatic N) is 2. The molecule has 0 fully saturated rings. The molecule has 6 nitrogen and oxygen atoms in total. The van der Waals surface area contributed by atoms with Gasteiger partial charge < -0.3 is 15.3 Å². The van der Waals surface area contributed by atoms with Gasteiger partial charge >= 0.3 is 12.0 Å². The Morgan fingerprint density at radius 3 is 2.80 bits per heavy atom. The van der Waals surface area contributed by atoms with Crippen LogP contribution < -0.4 is 5.32 Å². The maximum atomic E-state index is 11.9. The van der Waals surface area contributed by atoms with E-state index in [0.717, 1.165) is 11.4 Å². The number of carboxylic acid groups (broad SMARTS) is 1. The number of hydrogen-bond acceptors (Lipinski definition) is 3. The molecule has 2 amide bonds. The number of nitrogens with one attached hydrogen (secondary N) is 1. The van der Waals surface area contributed by atoms with E-state index in [2.05, 4.69) is 16.9 Å². The van der Waals surface area contributed by atoms with Crippen molar-refractivity contribution in [3.05, 3.63) is 42.2 Å². The number of aliphatic carboxylic acids is 1. The first-order chi connectivity index (χ1) is 9.43. The van der Waals surface area contributed by atoms with Gasteiger partial charge in [-0.05, 0) is 25.5 Å². The molecule has 0 aliphatic carbocycles. The Labute approximate surface area is 118 Å². The van der Waals surface area contributed by atoms with Crippen LogP contribution in [0.2, 0.25) is 0 Å². The third kappa shape index (κ3) is 4.72. The predicted molar refractivity (Wildman–Crippen MR) is 75.2 cm³/mol. The van der Waals surface area contributed by atoms with Crippen molar-refractivity contribution in [2.24, 2.45) is 0 Å². The van der Waals surface area contributed by atoms with Crippen molar-refractivity contribution in [2.75, 3.05) is 7.05 Å². The Hall–Kier alpha value is -2.37. The summed E-state index contributed by atoms with van der Waals surface area (Å²) in [6.07, 6.45) is 1.64. The Morgan fingerprint density at radius 2 is 2.25 bits per heavy atom. The molecule has 1 atom stereocenters. The van der Waals surface area contributed by atoms with Gasteiger partial charge in [-0.2, -0.15) is 0 Å². The van der Waals surface area contributed by atoms with Gasteiger partial charge in [0.1, 0.15) is 6.04 Å². The maximum Gasteiger partial charge on any atom is 0.326 e. The summed E-state index contributed by atoms with van der Waals surface area (Å²) in [4.78, 5) is 28.6. The number of aryl methyl sites for hydroxylation is 1. The number of hydrogen-bond donors (Lipinski definition) is 2. The number of rotatable bonds is 6. The molecule has 20 heavy (non-hydrogen) atoms. The fourth-order valence-electron chi connectivity index (χ4n) is 1.65. The minimum atomic E-state index is -1.08. The summed E-state index contributed by atoms with van der Waals surface area (Å²) in [5, 5.41) is 11.4. The number of carbonyl (C=O) groups excluding carboxylic acids is 1. The number of urea groups is 1. The first-order valence-corrected chi connectivity index (χ1v) is 6.22. The Bertz CT molecular complexity index is 502. The van der Waals surface area contributed by atoms with E-state index in [0.29, 0.717) is 6.54 Å². The quantitative estimate of drug-likeness (QED) is 0.773. The van der Waals surface area contributed by atoms with Crippen LogP contribution in [-0.4, -0.2) is 40.1 Å². The van der Waals surface area contributed by atoms with Crippen molar-refractivity contribution in [3.8, 4) is 0 Å². The summed E-state index contributed by atoms with van der Waals surface area (Å²) < 4.78 is 0. The van der Waals surface area contributed by atoms with Crippen LogP contribution in [0.15, 0.2) is 30.9 Å². The van der Waals surface area contributed by atoms with E-state index in [-0.39, 0.29) is 6.42 Å². The molecule has 2 N–H and O–H groups in total. The zero-order valence-corrected chi connectivity index (χ0v) is 11.7. The van der Waals surface area contributed by atoms with Gasteiger partial charge in [-0.3, -0.25) is 4.98 Å². The molecule has 0 saturated heterocycles. The molecule has 108 valence electrons. The molecule has 1 aromatic rings. The Balaban J connectivity index is 2.62. The van der Waals surface area contributed by atoms with Gasteiger partial charge in [0.05, 0.1) is 12.2 Å². The van der Waals surface area contributed by atoms with E-state index in [1.54, 1.807) is 7.05 Å². The van der Waals surface area contributed by atoms with Gasteiger partial charge in [0.15, 0.2) is 0 Å².